The summed E-state index contributed by atoms with van der Waals surface area (Å²) in [6, 6.07) is 3.81. The molecule has 2 rings (SSSR count). The molecule has 0 aliphatic rings. The number of ketones is 1. The summed E-state index contributed by atoms with van der Waals surface area (Å²) in [6.45, 7) is 1.48. The highest BCUT2D eigenvalue weighted by Gasteiger charge is 2.06. The van der Waals surface area contributed by atoms with Gasteiger partial charge in [-0.05, 0) is 12.1 Å². The summed E-state index contributed by atoms with van der Waals surface area (Å²) in [4.78, 5) is 20.8. The second kappa shape index (κ2) is 2.90. The first kappa shape index (κ1) is 7.79. The van der Waals surface area contributed by atoms with Crippen molar-refractivity contribution in [3.8, 4) is 11.4 Å². The van der Waals surface area contributed by atoms with Gasteiger partial charge in [-0.25, -0.2) is 4.98 Å². The molecule has 0 spiro atoms. The Morgan fingerprint density at radius 3 is 2.85 bits per heavy atom. The lowest BCUT2D eigenvalue weighted by Gasteiger charge is -1.89. The highest BCUT2D eigenvalue weighted by atomic mass is 16.1. The summed E-state index contributed by atoms with van der Waals surface area (Å²) >= 11 is 0. The molecule has 0 aromatic carbocycles. The van der Waals surface area contributed by atoms with Gasteiger partial charge in [-0.2, -0.15) is 0 Å². The Morgan fingerprint density at radius 2 is 2.31 bits per heavy atom. The molecule has 4 heteroatoms. The first-order valence-corrected chi connectivity index (χ1v) is 3.97. The largest absolute Gasteiger partial charge is 0.360 e. The maximum absolute atomic E-state index is 10.9. The lowest BCUT2D eigenvalue weighted by Crippen LogP contribution is -1.93. The van der Waals surface area contributed by atoms with Crippen LogP contribution < -0.4 is 0 Å². The van der Waals surface area contributed by atoms with E-state index in [4.69, 9.17) is 0 Å². The molecule has 2 N–H and O–H groups in total. The van der Waals surface area contributed by atoms with Gasteiger partial charge in [-0.3, -0.25) is 4.79 Å². The zero-order valence-electron chi connectivity index (χ0n) is 7.16. The van der Waals surface area contributed by atoms with Crippen molar-refractivity contribution < 1.29 is 4.79 Å². The molecule has 0 aliphatic carbocycles. The van der Waals surface area contributed by atoms with Gasteiger partial charge < -0.3 is 9.97 Å². The van der Waals surface area contributed by atoms with Crippen LogP contribution in [0.3, 0.4) is 0 Å². The molecule has 0 fully saturated rings. The monoisotopic (exact) mass is 175 g/mol. The smallest absolute Gasteiger partial charge is 0.194 e. The maximum Gasteiger partial charge on any atom is 0.194 e. The number of hydrogen-bond donors (Lipinski definition) is 2. The Balaban J connectivity index is 2.39. The van der Waals surface area contributed by atoms with E-state index in [1.54, 1.807) is 6.20 Å². The molecular weight excluding hydrogens is 166 g/mol. The summed E-state index contributed by atoms with van der Waals surface area (Å²) in [6.07, 6.45) is 3.46. The molecule has 0 saturated carbocycles. The molecular formula is C9H9N3O. The van der Waals surface area contributed by atoms with Gasteiger partial charge in [-0.1, -0.05) is 0 Å². The topological polar surface area (TPSA) is 61.5 Å². The van der Waals surface area contributed by atoms with E-state index in [2.05, 4.69) is 15.0 Å². The zero-order chi connectivity index (χ0) is 9.26. The molecule has 0 amide bonds. The second-order valence-electron chi connectivity index (χ2n) is 2.79. The molecule has 2 aromatic rings. The number of carbonyl (C=O) groups excluding carboxylic acids is 1. The van der Waals surface area contributed by atoms with Crippen LogP contribution in [0.2, 0.25) is 0 Å². The maximum atomic E-state index is 10.9. The molecule has 4 nitrogen and oxygen atoms in total. The highest BCUT2D eigenvalue weighted by Crippen LogP contribution is 2.13. The lowest BCUT2D eigenvalue weighted by atomic mass is 10.3. The van der Waals surface area contributed by atoms with Gasteiger partial charge in [-0.15, -0.1) is 0 Å². The van der Waals surface area contributed by atoms with Crippen LogP contribution in [-0.4, -0.2) is 20.7 Å². The summed E-state index contributed by atoms with van der Waals surface area (Å²) in [5, 5.41) is 0. The van der Waals surface area contributed by atoms with Crippen LogP contribution in [0, 0.1) is 0 Å². The molecule has 0 unspecified atom stereocenters. The number of carbonyl (C=O) groups is 1. The van der Waals surface area contributed by atoms with Crippen molar-refractivity contribution in [2.45, 2.75) is 6.92 Å². The molecule has 2 heterocycles. The number of aromatic nitrogens is 3. The minimum absolute atomic E-state index is 0.0576. The van der Waals surface area contributed by atoms with Gasteiger partial charge in [0.15, 0.2) is 11.6 Å². The molecule has 66 valence electrons. The van der Waals surface area contributed by atoms with Crippen LogP contribution in [0.1, 0.15) is 17.5 Å². The van der Waals surface area contributed by atoms with Crippen molar-refractivity contribution in [3.05, 3.63) is 30.4 Å². The minimum atomic E-state index is -0.0576. The molecule has 2 aromatic heterocycles. The highest BCUT2D eigenvalue weighted by molar-refractivity contribution is 5.90. The van der Waals surface area contributed by atoms with Gasteiger partial charge in [0.05, 0.1) is 17.6 Å². The quantitative estimate of drug-likeness (QED) is 0.681. The van der Waals surface area contributed by atoms with E-state index in [1.807, 2.05) is 18.3 Å². The van der Waals surface area contributed by atoms with Crippen LogP contribution in [-0.2, 0) is 0 Å². The van der Waals surface area contributed by atoms with Crippen molar-refractivity contribution in [1.29, 1.82) is 0 Å². The molecule has 0 bridgehead atoms. The summed E-state index contributed by atoms with van der Waals surface area (Å²) < 4.78 is 0. The predicted octanol–water partition coefficient (Wildman–Crippen LogP) is 1.61. The lowest BCUT2D eigenvalue weighted by molar-refractivity contribution is 0.100. The third kappa shape index (κ3) is 1.38. The van der Waals surface area contributed by atoms with Crippen LogP contribution >= 0.6 is 0 Å². The van der Waals surface area contributed by atoms with Gasteiger partial charge in [0.25, 0.3) is 0 Å². The molecule has 0 saturated heterocycles. The van der Waals surface area contributed by atoms with Crippen LogP contribution in [0.15, 0.2) is 24.5 Å². The van der Waals surface area contributed by atoms with E-state index in [1.165, 1.54) is 6.92 Å². The van der Waals surface area contributed by atoms with Gasteiger partial charge in [0, 0.05) is 13.1 Å². The minimum Gasteiger partial charge on any atom is -0.360 e. The predicted molar refractivity (Wildman–Crippen MR) is 48.4 cm³/mol. The summed E-state index contributed by atoms with van der Waals surface area (Å²) in [5.74, 6) is 0.336. The Kier molecular flexibility index (Phi) is 1.73. The van der Waals surface area contributed by atoms with E-state index in [9.17, 15) is 4.79 Å². The Hall–Kier alpha value is -1.84. The average Bonchev–Trinajstić information content (AvgIpc) is 2.75. The molecule has 0 aliphatic heterocycles. The third-order valence-corrected chi connectivity index (χ3v) is 1.80. The molecule has 13 heavy (non-hydrogen) atoms. The van der Waals surface area contributed by atoms with E-state index >= 15 is 0 Å². The standard InChI is InChI=1S/C9H9N3O/c1-6(13)9-11-5-8(12-9)7-3-2-4-10-7/h2-5,10H,1H3,(H,11,12). The second-order valence-corrected chi connectivity index (χ2v) is 2.79. The van der Waals surface area contributed by atoms with Crippen LogP contribution in [0.25, 0.3) is 11.4 Å². The molecule has 0 atom stereocenters. The Labute approximate surface area is 75.0 Å². The number of nitrogens with one attached hydrogen (secondary N) is 2. The van der Waals surface area contributed by atoms with Crippen LogP contribution in [0.5, 0.6) is 0 Å². The normalized spacial score (nSPS) is 10.2. The zero-order valence-corrected chi connectivity index (χ0v) is 7.16. The SMILES string of the molecule is CC(=O)c1ncc(-c2ccc[nH]2)[nH]1. The van der Waals surface area contributed by atoms with E-state index in [-0.39, 0.29) is 5.78 Å². The number of nitrogens with zero attached hydrogens (tertiary/aromatic N) is 1. The number of hydrogen-bond acceptors (Lipinski definition) is 2. The number of rotatable bonds is 2. The van der Waals surface area contributed by atoms with E-state index < -0.39 is 0 Å². The summed E-state index contributed by atoms with van der Waals surface area (Å²) in [7, 11) is 0. The van der Waals surface area contributed by atoms with Gasteiger partial charge in [0.2, 0.25) is 0 Å². The fourth-order valence-corrected chi connectivity index (χ4v) is 1.13. The number of H-pyrrole nitrogens is 2. The Morgan fingerprint density at radius 1 is 1.46 bits per heavy atom. The van der Waals surface area contributed by atoms with Crippen molar-refractivity contribution in [2.75, 3.05) is 0 Å². The van der Waals surface area contributed by atoms with Crippen LogP contribution in [0.4, 0.5) is 0 Å². The van der Waals surface area contributed by atoms with Gasteiger partial charge in [0.1, 0.15) is 0 Å². The van der Waals surface area contributed by atoms with Crippen molar-refractivity contribution in [2.24, 2.45) is 0 Å². The summed E-state index contributed by atoms with van der Waals surface area (Å²) in [5.41, 5.74) is 1.76. The van der Waals surface area contributed by atoms with Crippen molar-refractivity contribution in [1.82, 2.24) is 15.0 Å². The van der Waals surface area contributed by atoms with E-state index in [0.29, 0.717) is 5.82 Å². The first-order valence-electron chi connectivity index (χ1n) is 3.97. The van der Waals surface area contributed by atoms with Crippen molar-refractivity contribution >= 4 is 5.78 Å². The van der Waals surface area contributed by atoms with Crippen molar-refractivity contribution in [3.63, 3.8) is 0 Å². The Bertz CT molecular complexity index is 414. The number of imidazole rings is 1. The van der Waals surface area contributed by atoms with Gasteiger partial charge >= 0.3 is 0 Å². The van der Waals surface area contributed by atoms with E-state index in [0.717, 1.165) is 11.4 Å². The molecule has 0 radical (unpaired) electrons. The fourth-order valence-electron chi connectivity index (χ4n) is 1.13. The number of Topliss-reactive ketones (excluding diaryl/α,β-unsaturated/α-hetero) is 1. The third-order valence-electron chi connectivity index (χ3n) is 1.80. The average molecular weight is 175 g/mol. The number of aromatic amines is 2. The fraction of sp³-hybridized carbons (Fsp3) is 0.111. The first-order chi connectivity index (χ1) is 6.27.